The Bertz CT molecular complexity index is 509. The molecule has 2 atom stereocenters. The van der Waals surface area contributed by atoms with Crippen LogP contribution in [0.25, 0.3) is 0 Å². The number of hydrogen-bond donors (Lipinski definition) is 1. The Morgan fingerprint density at radius 2 is 1.79 bits per heavy atom. The zero-order valence-corrected chi connectivity index (χ0v) is 13.6. The Kier molecular flexibility index (Phi) is 8.47. The van der Waals surface area contributed by atoms with Crippen molar-refractivity contribution in [3.05, 3.63) is 12.2 Å². The summed E-state index contributed by atoms with van der Waals surface area (Å²) in [6.07, 6.45) is -2.54. The van der Waals surface area contributed by atoms with Gasteiger partial charge in [0.25, 0.3) is 0 Å². The predicted molar refractivity (Wildman–Crippen MR) is 73.1 cm³/mol. The van der Waals surface area contributed by atoms with E-state index < -0.39 is 60.0 Å². The molecule has 0 bridgehead atoms. The Morgan fingerprint density at radius 3 is 2.21 bits per heavy atom. The zero-order valence-electron chi connectivity index (χ0n) is 12.7. The smallest absolute Gasteiger partial charge is 0.460 e. The van der Waals surface area contributed by atoms with Crippen LogP contribution in [0.5, 0.6) is 0 Å². The van der Waals surface area contributed by atoms with Crippen LogP contribution < -0.4 is 4.72 Å². The molecule has 0 aliphatic heterocycles. The average Bonchev–Trinajstić information content (AvgIpc) is 2.46. The van der Waals surface area contributed by atoms with Gasteiger partial charge in [-0.25, -0.2) is 18.5 Å². The molecule has 0 radical (unpaired) electrons. The summed E-state index contributed by atoms with van der Waals surface area (Å²) in [5.41, 5.74) is -5.19. The fourth-order valence-electron chi connectivity index (χ4n) is 1.23. The van der Waals surface area contributed by atoms with Gasteiger partial charge in [-0.1, -0.05) is 13.5 Å². The molecule has 0 saturated heterocycles. The first-order valence-electron chi connectivity index (χ1n) is 6.47. The number of halogens is 5. The molecule has 0 saturated carbocycles. The van der Waals surface area contributed by atoms with E-state index in [4.69, 9.17) is 0 Å². The second-order valence-corrected chi connectivity index (χ2v) is 5.74. The van der Waals surface area contributed by atoms with Crippen LogP contribution in [0.15, 0.2) is 12.2 Å². The molecule has 12 heteroatoms. The first kappa shape index (κ1) is 22.4. The van der Waals surface area contributed by atoms with Gasteiger partial charge < -0.3 is 9.47 Å². The van der Waals surface area contributed by atoms with E-state index in [0.29, 0.717) is 0 Å². The van der Waals surface area contributed by atoms with Crippen LogP contribution in [0.1, 0.15) is 20.3 Å². The Balaban J connectivity index is 4.57. The van der Waals surface area contributed by atoms with Gasteiger partial charge in [-0.2, -0.15) is 22.0 Å². The molecule has 0 aromatic rings. The highest BCUT2D eigenvalue weighted by Crippen LogP contribution is 2.26. The molecular weight excluding hydrogens is 365 g/mol. The number of nitrogens with one attached hydrogen (secondary N) is 1. The van der Waals surface area contributed by atoms with Crippen molar-refractivity contribution in [2.75, 3.05) is 13.2 Å². The fraction of sp³-hybridized carbons (Fsp3) is 0.667. The Hall–Kier alpha value is -1.56. The molecule has 0 aromatic carbocycles. The van der Waals surface area contributed by atoms with Crippen LogP contribution in [0, 0.1) is 0 Å². The summed E-state index contributed by atoms with van der Waals surface area (Å²) in [4.78, 5) is 22.6. The number of carbonyl (C=O) groups excluding carboxylic acids is 2. The van der Waals surface area contributed by atoms with Gasteiger partial charge in [-0.15, -0.1) is 0 Å². The Morgan fingerprint density at radius 1 is 1.25 bits per heavy atom. The zero-order chi connectivity index (χ0) is 19.1. The maximum Gasteiger partial charge on any atom is 0.485 e. The quantitative estimate of drug-likeness (QED) is 0.285. The third kappa shape index (κ3) is 6.91. The van der Waals surface area contributed by atoms with E-state index in [9.17, 15) is 35.8 Å². The number of esters is 2. The van der Waals surface area contributed by atoms with E-state index >= 15 is 0 Å². The van der Waals surface area contributed by atoms with Gasteiger partial charge >= 0.3 is 23.4 Å². The molecule has 0 heterocycles. The lowest BCUT2D eigenvalue weighted by atomic mass is 10.1. The van der Waals surface area contributed by atoms with E-state index in [2.05, 4.69) is 16.1 Å². The second-order valence-electron chi connectivity index (χ2n) is 4.45. The van der Waals surface area contributed by atoms with Gasteiger partial charge in [0.1, 0.15) is 6.61 Å². The van der Waals surface area contributed by atoms with Crippen LogP contribution >= 0.6 is 0 Å². The van der Waals surface area contributed by atoms with E-state index in [1.807, 2.05) is 0 Å². The van der Waals surface area contributed by atoms with Crippen LogP contribution in [0.3, 0.4) is 0 Å². The monoisotopic (exact) mass is 381 g/mol. The van der Waals surface area contributed by atoms with Gasteiger partial charge in [0.15, 0.2) is 17.1 Å². The van der Waals surface area contributed by atoms with E-state index in [-0.39, 0.29) is 5.57 Å². The summed E-state index contributed by atoms with van der Waals surface area (Å²) in [5.74, 6) is -7.41. The van der Waals surface area contributed by atoms with Crippen LogP contribution in [0.4, 0.5) is 22.0 Å². The Labute approximate surface area is 137 Å². The van der Waals surface area contributed by atoms with Gasteiger partial charge in [0.2, 0.25) is 0 Å². The minimum absolute atomic E-state index is 0.156. The van der Waals surface area contributed by atoms with Gasteiger partial charge in [-0.05, 0) is 13.3 Å². The molecule has 0 aliphatic carbocycles. The molecule has 0 amide bonds. The predicted octanol–water partition coefficient (Wildman–Crippen LogP) is 1.84. The lowest BCUT2D eigenvalue weighted by Crippen LogP contribution is -2.45. The highest BCUT2D eigenvalue weighted by molar-refractivity contribution is 7.83. The first-order valence-corrected chi connectivity index (χ1v) is 7.62. The molecule has 0 rings (SSSR count). The molecule has 0 fully saturated rings. The third-order valence-electron chi connectivity index (χ3n) is 2.42. The summed E-state index contributed by atoms with van der Waals surface area (Å²) in [5, 5.41) is 0. The van der Waals surface area contributed by atoms with Crippen molar-refractivity contribution in [2.45, 2.75) is 37.8 Å². The highest BCUT2D eigenvalue weighted by Gasteiger charge is 2.50. The van der Waals surface area contributed by atoms with Crippen molar-refractivity contribution in [3.63, 3.8) is 0 Å². The van der Waals surface area contributed by atoms with Crippen LogP contribution in [-0.2, 0) is 30.0 Å². The summed E-state index contributed by atoms with van der Waals surface area (Å²) < 4.78 is 84.0. The lowest BCUT2D eigenvalue weighted by molar-refractivity contribution is -0.196. The summed E-state index contributed by atoms with van der Waals surface area (Å²) in [6.45, 7) is 3.99. The van der Waals surface area contributed by atoms with Crippen molar-refractivity contribution < 1.29 is 45.2 Å². The van der Waals surface area contributed by atoms with Crippen molar-refractivity contribution in [3.8, 4) is 0 Å². The normalized spacial score (nSPS) is 14.6. The molecule has 0 spiro atoms. The summed E-state index contributed by atoms with van der Waals surface area (Å²) >= 11 is 0. The fourth-order valence-corrected chi connectivity index (χ4v) is 1.66. The molecular formula is C12H16F5NO5S. The number of ether oxygens (including phenoxy) is 2. The second kappa shape index (κ2) is 9.06. The van der Waals surface area contributed by atoms with Gasteiger partial charge in [0, 0.05) is 12.1 Å². The number of rotatable bonds is 9. The van der Waals surface area contributed by atoms with E-state index in [0.717, 1.165) is 0 Å². The van der Waals surface area contributed by atoms with Crippen molar-refractivity contribution in [1.82, 2.24) is 4.72 Å². The summed E-state index contributed by atoms with van der Waals surface area (Å²) in [6, 6.07) is 0. The highest BCUT2D eigenvalue weighted by atomic mass is 32.2. The lowest BCUT2D eigenvalue weighted by Gasteiger charge is -2.24. The van der Waals surface area contributed by atoms with Crippen molar-refractivity contribution in [1.29, 1.82) is 0 Å². The van der Waals surface area contributed by atoms with E-state index in [1.165, 1.54) is 18.6 Å². The molecule has 1 N–H and O–H groups in total. The topological polar surface area (TPSA) is 81.7 Å². The minimum atomic E-state index is -5.03. The standard InChI is InChI=1S/C12H16F5NO5S/c1-4-8(23-9(19)7(2)3)11(13,14)10(20)22-6-5-18-24(21)12(15,16)17/h8,18H,2,4-6H2,1,3H3. The number of carbonyl (C=O) groups is 2. The van der Waals surface area contributed by atoms with Crippen LogP contribution in [-0.4, -0.2) is 46.8 Å². The number of alkyl halides is 5. The van der Waals surface area contributed by atoms with Crippen molar-refractivity contribution >= 4 is 22.9 Å². The first-order chi connectivity index (χ1) is 10.8. The molecule has 2 unspecified atom stereocenters. The van der Waals surface area contributed by atoms with Gasteiger partial charge in [-0.3, -0.25) is 0 Å². The molecule has 0 aromatic heterocycles. The third-order valence-corrected chi connectivity index (χ3v) is 3.31. The molecule has 6 nitrogen and oxygen atoms in total. The van der Waals surface area contributed by atoms with Crippen LogP contribution in [0.2, 0.25) is 0 Å². The van der Waals surface area contributed by atoms with Crippen molar-refractivity contribution in [2.24, 2.45) is 0 Å². The van der Waals surface area contributed by atoms with Gasteiger partial charge in [0.05, 0.1) is 0 Å². The molecule has 24 heavy (non-hydrogen) atoms. The maximum absolute atomic E-state index is 13.8. The molecule has 140 valence electrons. The SMILES string of the molecule is C=C(C)C(=O)OC(CC)C(F)(F)C(=O)OCCNS(=O)C(F)(F)F. The average molecular weight is 381 g/mol. The number of hydrogen-bond acceptors (Lipinski definition) is 5. The largest absolute Gasteiger partial charge is 0.485 e. The molecule has 0 aliphatic rings. The minimum Gasteiger partial charge on any atom is -0.460 e. The maximum atomic E-state index is 13.8. The van der Waals surface area contributed by atoms with E-state index in [1.54, 1.807) is 0 Å². The summed E-state index contributed by atoms with van der Waals surface area (Å²) in [7, 11) is -3.40.